The van der Waals surface area contributed by atoms with Crippen molar-refractivity contribution in [2.75, 3.05) is 20.8 Å². The molecule has 126 valence electrons. The quantitative estimate of drug-likeness (QED) is 0.791. The van der Waals surface area contributed by atoms with E-state index in [9.17, 15) is 4.79 Å². The minimum atomic E-state index is -0.211. The van der Waals surface area contributed by atoms with Crippen LogP contribution in [0.2, 0.25) is 0 Å². The lowest BCUT2D eigenvalue weighted by Crippen LogP contribution is -2.23. The Bertz CT molecular complexity index is 649. The van der Waals surface area contributed by atoms with Gasteiger partial charge in [0, 0.05) is 30.0 Å². The third-order valence-electron chi connectivity index (χ3n) is 3.08. The summed E-state index contributed by atoms with van der Waals surface area (Å²) in [6.45, 7) is 0.882. The van der Waals surface area contributed by atoms with Crippen molar-refractivity contribution in [3.05, 3.63) is 39.8 Å². The minimum absolute atomic E-state index is 0. The average molecular weight is 358 g/mol. The van der Waals surface area contributed by atoms with Gasteiger partial charge < -0.3 is 20.5 Å². The number of methoxy groups -OCH3 is 2. The Hall–Kier alpha value is -1.83. The summed E-state index contributed by atoms with van der Waals surface area (Å²) in [6, 6.07) is 5.47. The highest BCUT2D eigenvalue weighted by Crippen LogP contribution is 2.24. The molecule has 0 spiro atoms. The lowest BCUT2D eigenvalue weighted by molar-refractivity contribution is 0.0946. The van der Waals surface area contributed by atoms with Gasteiger partial charge in [0.15, 0.2) is 0 Å². The van der Waals surface area contributed by atoms with Gasteiger partial charge in [-0.1, -0.05) is 0 Å². The zero-order valence-corrected chi connectivity index (χ0v) is 14.6. The first-order valence-electron chi connectivity index (χ1n) is 6.81. The van der Waals surface area contributed by atoms with E-state index in [4.69, 9.17) is 15.2 Å². The third-order valence-corrected chi connectivity index (χ3v) is 3.98. The molecule has 6 nitrogen and oxygen atoms in total. The van der Waals surface area contributed by atoms with Crippen molar-refractivity contribution in [2.24, 2.45) is 5.73 Å². The van der Waals surface area contributed by atoms with Gasteiger partial charge in [-0.2, -0.15) is 0 Å². The molecule has 0 saturated heterocycles. The van der Waals surface area contributed by atoms with Crippen LogP contribution in [0.3, 0.4) is 0 Å². The second kappa shape index (κ2) is 9.34. The molecule has 0 atom stereocenters. The molecule has 1 aromatic heterocycles. The van der Waals surface area contributed by atoms with Gasteiger partial charge in [0.1, 0.15) is 17.2 Å². The zero-order chi connectivity index (χ0) is 15.9. The van der Waals surface area contributed by atoms with Crippen LogP contribution in [0.25, 0.3) is 0 Å². The fraction of sp³-hybridized carbons (Fsp3) is 0.333. The SMILES string of the molecule is COc1ccc(CNC(=O)c2csc(CCN)n2)c(OC)c1.Cl. The summed E-state index contributed by atoms with van der Waals surface area (Å²) in [5, 5.41) is 5.45. The molecule has 0 saturated carbocycles. The van der Waals surface area contributed by atoms with Crippen LogP contribution in [0.5, 0.6) is 11.5 Å². The second-order valence-corrected chi connectivity index (χ2v) is 5.47. The number of amides is 1. The number of hydrogen-bond donors (Lipinski definition) is 2. The number of thiazole rings is 1. The van der Waals surface area contributed by atoms with Crippen LogP contribution in [-0.4, -0.2) is 31.7 Å². The average Bonchev–Trinajstić information content (AvgIpc) is 3.01. The molecule has 8 heteroatoms. The molecule has 0 bridgehead atoms. The predicted molar refractivity (Wildman–Crippen MR) is 92.8 cm³/mol. The maximum absolute atomic E-state index is 12.1. The second-order valence-electron chi connectivity index (χ2n) is 4.53. The number of nitrogens with zero attached hydrogens (tertiary/aromatic N) is 1. The number of nitrogens with one attached hydrogen (secondary N) is 1. The molecule has 0 fully saturated rings. The molecule has 0 aliphatic heterocycles. The van der Waals surface area contributed by atoms with Crippen LogP contribution >= 0.6 is 23.7 Å². The summed E-state index contributed by atoms with van der Waals surface area (Å²) in [4.78, 5) is 16.4. The fourth-order valence-corrected chi connectivity index (χ4v) is 2.71. The number of ether oxygens (including phenoxy) is 2. The van der Waals surface area contributed by atoms with Crippen LogP contribution in [0.4, 0.5) is 0 Å². The molecule has 1 heterocycles. The maximum Gasteiger partial charge on any atom is 0.271 e. The number of carbonyl (C=O) groups is 1. The van der Waals surface area contributed by atoms with Crippen LogP contribution < -0.4 is 20.5 Å². The van der Waals surface area contributed by atoms with E-state index in [0.717, 1.165) is 10.6 Å². The van der Waals surface area contributed by atoms with Crippen LogP contribution in [0.15, 0.2) is 23.6 Å². The van der Waals surface area contributed by atoms with Crippen molar-refractivity contribution in [1.82, 2.24) is 10.3 Å². The molecule has 0 radical (unpaired) electrons. The zero-order valence-electron chi connectivity index (χ0n) is 13.0. The van der Waals surface area contributed by atoms with Crippen LogP contribution in [0.1, 0.15) is 21.1 Å². The van der Waals surface area contributed by atoms with Gasteiger partial charge >= 0.3 is 0 Å². The topological polar surface area (TPSA) is 86.5 Å². The first-order valence-corrected chi connectivity index (χ1v) is 7.69. The van der Waals surface area contributed by atoms with Gasteiger partial charge in [0.05, 0.1) is 19.2 Å². The van der Waals surface area contributed by atoms with Crippen molar-refractivity contribution in [3.8, 4) is 11.5 Å². The molecular formula is C15H20ClN3O3S. The van der Waals surface area contributed by atoms with Gasteiger partial charge in [-0.25, -0.2) is 4.98 Å². The summed E-state index contributed by atoms with van der Waals surface area (Å²) in [5.74, 6) is 1.16. The summed E-state index contributed by atoms with van der Waals surface area (Å²) in [7, 11) is 3.18. The molecule has 23 heavy (non-hydrogen) atoms. The van der Waals surface area contributed by atoms with E-state index in [1.807, 2.05) is 12.1 Å². The molecule has 2 aromatic rings. The Balaban J connectivity index is 0.00000264. The Morgan fingerprint density at radius 3 is 2.78 bits per heavy atom. The Morgan fingerprint density at radius 2 is 2.13 bits per heavy atom. The van der Waals surface area contributed by atoms with E-state index in [-0.39, 0.29) is 18.3 Å². The Kier molecular flexibility index (Phi) is 7.80. The van der Waals surface area contributed by atoms with E-state index < -0.39 is 0 Å². The summed E-state index contributed by atoms with van der Waals surface area (Å²) in [6.07, 6.45) is 0.685. The lowest BCUT2D eigenvalue weighted by atomic mass is 10.2. The highest BCUT2D eigenvalue weighted by Gasteiger charge is 2.12. The number of carbonyl (C=O) groups excluding carboxylic acids is 1. The van der Waals surface area contributed by atoms with E-state index in [1.165, 1.54) is 11.3 Å². The van der Waals surface area contributed by atoms with Gasteiger partial charge in [-0.05, 0) is 18.7 Å². The highest BCUT2D eigenvalue weighted by molar-refractivity contribution is 7.09. The number of hydrogen-bond acceptors (Lipinski definition) is 6. The largest absolute Gasteiger partial charge is 0.497 e. The highest BCUT2D eigenvalue weighted by atomic mass is 35.5. The molecule has 0 unspecified atom stereocenters. The van der Waals surface area contributed by atoms with E-state index in [2.05, 4.69) is 10.3 Å². The predicted octanol–water partition coefficient (Wildman–Crippen LogP) is 2.01. The normalized spacial score (nSPS) is 9.87. The van der Waals surface area contributed by atoms with E-state index in [1.54, 1.807) is 25.7 Å². The smallest absolute Gasteiger partial charge is 0.271 e. The molecule has 2 rings (SSSR count). The number of aromatic nitrogens is 1. The van der Waals surface area contributed by atoms with Gasteiger partial charge in [0.25, 0.3) is 5.91 Å². The summed E-state index contributed by atoms with van der Waals surface area (Å²) >= 11 is 1.44. The van der Waals surface area contributed by atoms with Crippen molar-refractivity contribution in [2.45, 2.75) is 13.0 Å². The van der Waals surface area contributed by atoms with Crippen molar-refractivity contribution in [1.29, 1.82) is 0 Å². The third kappa shape index (κ3) is 5.09. The van der Waals surface area contributed by atoms with E-state index >= 15 is 0 Å². The summed E-state index contributed by atoms with van der Waals surface area (Å²) < 4.78 is 10.4. The van der Waals surface area contributed by atoms with Gasteiger partial charge in [-0.15, -0.1) is 23.7 Å². The van der Waals surface area contributed by atoms with Crippen molar-refractivity contribution in [3.63, 3.8) is 0 Å². The molecule has 0 aliphatic carbocycles. The van der Waals surface area contributed by atoms with Gasteiger partial charge in [0.2, 0.25) is 0 Å². The number of benzene rings is 1. The lowest BCUT2D eigenvalue weighted by Gasteiger charge is -2.10. The first kappa shape index (κ1) is 19.2. The minimum Gasteiger partial charge on any atom is -0.497 e. The number of nitrogens with two attached hydrogens (primary N) is 1. The number of rotatable bonds is 7. The van der Waals surface area contributed by atoms with Crippen molar-refractivity contribution < 1.29 is 14.3 Å². The standard InChI is InChI=1S/C15H19N3O3S.ClH/c1-20-11-4-3-10(13(7-11)21-2)8-17-15(19)12-9-22-14(18-12)5-6-16;/h3-4,7,9H,5-6,8,16H2,1-2H3,(H,17,19);1H. The molecular weight excluding hydrogens is 338 g/mol. The molecule has 3 N–H and O–H groups in total. The monoisotopic (exact) mass is 357 g/mol. The van der Waals surface area contributed by atoms with Crippen molar-refractivity contribution >= 4 is 29.7 Å². The Labute approximate surface area is 145 Å². The first-order chi connectivity index (χ1) is 10.7. The molecule has 1 amide bonds. The van der Waals surface area contributed by atoms with E-state index in [0.29, 0.717) is 36.7 Å². The van der Waals surface area contributed by atoms with Gasteiger partial charge in [-0.3, -0.25) is 4.79 Å². The fourth-order valence-electron chi connectivity index (χ4n) is 1.92. The maximum atomic E-state index is 12.1. The number of halogens is 1. The molecule has 1 aromatic carbocycles. The van der Waals surface area contributed by atoms with Crippen LogP contribution in [0, 0.1) is 0 Å². The van der Waals surface area contributed by atoms with Crippen LogP contribution in [-0.2, 0) is 13.0 Å². The molecule has 0 aliphatic rings. The summed E-state index contributed by atoms with van der Waals surface area (Å²) in [5.41, 5.74) is 6.77. The Morgan fingerprint density at radius 1 is 1.35 bits per heavy atom.